The zero-order valence-electron chi connectivity index (χ0n) is 10.1. The first-order chi connectivity index (χ1) is 8.15. The summed E-state index contributed by atoms with van der Waals surface area (Å²) < 4.78 is 0. The van der Waals surface area contributed by atoms with Crippen molar-refractivity contribution in [2.75, 3.05) is 19.6 Å². The van der Waals surface area contributed by atoms with Gasteiger partial charge in [0.25, 0.3) is 5.69 Å². The summed E-state index contributed by atoms with van der Waals surface area (Å²) in [5, 5.41) is 10.5. The Kier molecular flexibility index (Phi) is 5.53. The zero-order chi connectivity index (χ0) is 12.3. The van der Waals surface area contributed by atoms with E-state index in [1.165, 1.54) is 0 Å². The predicted octanol–water partition coefficient (Wildman–Crippen LogP) is 1.59. The summed E-state index contributed by atoms with van der Waals surface area (Å²) in [6, 6.07) is 7.09. The SMILES string of the molecule is Cl.NC1CCN(CCc2ccc([N+](=O)[O-])cc2)C1. The molecule has 0 aromatic heterocycles. The molecule has 0 radical (unpaired) electrons. The van der Waals surface area contributed by atoms with E-state index in [2.05, 4.69) is 4.90 Å². The molecule has 1 aliphatic rings. The monoisotopic (exact) mass is 271 g/mol. The normalized spacial score (nSPS) is 19.5. The Labute approximate surface area is 113 Å². The molecule has 5 nitrogen and oxygen atoms in total. The van der Waals surface area contributed by atoms with Crippen molar-refractivity contribution in [2.24, 2.45) is 5.73 Å². The quantitative estimate of drug-likeness (QED) is 0.667. The molecular weight excluding hydrogens is 254 g/mol. The molecule has 1 saturated heterocycles. The lowest BCUT2D eigenvalue weighted by molar-refractivity contribution is -0.384. The maximum Gasteiger partial charge on any atom is 0.269 e. The van der Waals surface area contributed by atoms with E-state index in [4.69, 9.17) is 5.73 Å². The predicted molar refractivity (Wildman–Crippen MR) is 73.1 cm³/mol. The van der Waals surface area contributed by atoms with Crippen LogP contribution >= 0.6 is 12.4 Å². The van der Waals surface area contributed by atoms with E-state index in [-0.39, 0.29) is 23.0 Å². The summed E-state index contributed by atoms with van der Waals surface area (Å²) in [4.78, 5) is 12.5. The average molecular weight is 272 g/mol. The number of non-ortho nitro benzene ring substituents is 1. The molecule has 1 aromatic carbocycles. The highest BCUT2D eigenvalue weighted by Crippen LogP contribution is 2.13. The van der Waals surface area contributed by atoms with Crippen molar-refractivity contribution in [3.8, 4) is 0 Å². The molecule has 18 heavy (non-hydrogen) atoms. The van der Waals surface area contributed by atoms with Crippen molar-refractivity contribution in [2.45, 2.75) is 18.9 Å². The largest absolute Gasteiger partial charge is 0.326 e. The fourth-order valence-electron chi connectivity index (χ4n) is 2.14. The van der Waals surface area contributed by atoms with E-state index in [1.807, 2.05) is 12.1 Å². The van der Waals surface area contributed by atoms with Gasteiger partial charge in [-0.25, -0.2) is 0 Å². The molecule has 2 rings (SSSR count). The maximum absolute atomic E-state index is 10.5. The third kappa shape index (κ3) is 3.94. The lowest BCUT2D eigenvalue weighted by Gasteiger charge is -2.14. The van der Waals surface area contributed by atoms with Crippen molar-refractivity contribution in [3.05, 3.63) is 39.9 Å². The second-order valence-corrected chi connectivity index (χ2v) is 4.52. The minimum atomic E-state index is -0.372. The molecule has 1 fully saturated rings. The molecule has 1 heterocycles. The van der Waals surface area contributed by atoms with E-state index >= 15 is 0 Å². The number of hydrogen-bond donors (Lipinski definition) is 1. The first-order valence-electron chi connectivity index (χ1n) is 5.86. The number of hydrogen-bond acceptors (Lipinski definition) is 4. The van der Waals surface area contributed by atoms with Gasteiger partial charge in [-0.1, -0.05) is 12.1 Å². The van der Waals surface area contributed by atoms with Crippen LogP contribution in [-0.4, -0.2) is 35.5 Å². The van der Waals surface area contributed by atoms with Gasteiger partial charge in [-0.05, 0) is 24.9 Å². The van der Waals surface area contributed by atoms with Gasteiger partial charge in [-0.3, -0.25) is 10.1 Å². The summed E-state index contributed by atoms with van der Waals surface area (Å²) in [5.74, 6) is 0. The third-order valence-electron chi connectivity index (χ3n) is 3.17. The second kappa shape index (κ2) is 6.68. The molecular formula is C12H18ClN3O2. The molecule has 0 bridgehead atoms. The van der Waals surface area contributed by atoms with Crippen molar-refractivity contribution in [1.82, 2.24) is 4.90 Å². The number of nitro benzene ring substituents is 1. The highest BCUT2D eigenvalue weighted by atomic mass is 35.5. The van der Waals surface area contributed by atoms with Gasteiger partial charge in [0.2, 0.25) is 0 Å². The highest BCUT2D eigenvalue weighted by molar-refractivity contribution is 5.85. The molecule has 0 aliphatic carbocycles. The molecule has 100 valence electrons. The maximum atomic E-state index is 10.5. The first kappa shape index (κ1) is 14.9. The summed E-state index contributed by atoms with van der Waals surface area (Å²) >= 11 is 0. The van der Waals surface area contributed by atoms with Crippen LogP contribution in [0.5, 0.6) is 0 Å². The molecule has 0 amide bonds. The van der Waals surface area contributed by atoms with E-state index in [0.717, 1.165) is 38.0 Å². The van der Waals surface area contributed by atoms with Gasteiger partial charge >= 0.3 is 0 Å². The summed E-state index contributed by atoms with van der Waals surface area (Å²) in [6.07, 6.45) is 1.99. The Balaban J connectivity index is 0.00000162. The average Bonchev–Trinajstić information content (AvgIpc) is 2.73. The minimum Gasteiger partial charge on any atom is -0.326 e. The number of likely N-dealkylation sites (tertiary alicyclic amines) is 1. The van der Waals surface area contributed by atoms with Crippen LogP contribution in [-0.2, 0) is 6.42 Å². The van der Waals surface area contributed by atoms with Crippen LogP contribution in [0.25, 0.3) is 0 Å². The Morgan fingerprint density at radius 2 is 2.06 bits per heavy atom. The smallest absolute Gasteiger partial charge is 0.269 e. The molecule has 0 spiro atoms. The van der Waals surface area contributed by atoms with Gasteiger partial charge in [0, 0.05) is 31.3 Å². The van der Waals surface area contributed by atoms with Gasteiger partial charge in [0.15, 0.2) is 0 Å². The second-order valence-electron chi connectivity index (χ2n) is 4.52. The topological polar surface area (TPSA) is 72.4 Å². The summed E-state index contributed by atoms with van der Waals surface area (Å²) in [5.41, 5.74) is 7.12. The molecule has 1 aliphatic heterocycles. The number of halogens is 1. The van der Waals surface area contributed by atoms with Crippen LogP contribution < -0.4 is 5.73 Å². The van der Waals surface area contributed by atoms with Crippen LogP contribution in [0, 0.1) is 10.1 Å². The van der Waals surface area contributed by atoms with Crippen LogP contribution in [0.15, 0.2) is 24.3 Å². The van der Waals surface area contributed by atoms with Crippen LogP contribution in [0.2, 0.25) is 0 Å². The van der Waals surface area contributed by atoms with Gasteiger partial charge in [0.05, 0.1) is 4.92 Å². The molecule has 1 atom stereocenters. The van der Waals surface area contributed by atoms with Crippen LogP contribution in [0.3, 0.4) is 0 Å². The van der Waals surface area contributed by atoms with Gasteiger partial charge in [0.1, 0.15) is 0 Å². The minimum absolute atomic E-state index is 0. The Bertz CT molecular complexity index is 397. The van der Waals surface area contributed by atoms with Crippen molar-refractivity contribution in [1.29, 1.82) is 0 Å². The van der Waals surface area contributed by atoms with E-state index in [0.29, 0.717) is 6.04 Å². The zero-order valence-corrected chi connectivity index (χ0v) is 10.9. The Morgan fingerprint density at radius 1 is 1.39 bits per heavy atom. The van der Waals surface area contributed by atoms with Crippen molar-refractivity contribution >= 4 is 18.1 Å². The fourth-order valence-corrected chi connectivity index (χ4v) is 2.14. The van der Waals surface area contributed by atoms with Crippen molar-refractivity contribution < 1.29 is 4.92 Å². The van der Waals surface area contributed by atoms with Crippen LogP contribution in [0.1, 0.15) is 12.0 Å². The number of rotatable bonds is 4. The first-order valence-corrected chi connectivity index (χ1v) is 5.86. The third-order valence-corrected chi connectivity index (χ3v) is 3.17. The molecule has 0 saturated carbocycles. The van der Waals surface area contributed by atoms with Gasteiger partial charge in [-0.2, -0.15) is 0 Å². The van der Waals surface area contributed by atoms with Gasteiger partial charge in [-0.15, -0.1) is 12.4 Å². The van der Waals surface area contributed by atoms with E-state index < -0.39 is 0 Å². The lowest BCUT2D eigenvalue weighted by Crippen LogP contribution is -2.28. The molecule has 1 aromatic rings. The lowest BCUT2D eigenvalue weighted by atomic mass is 10.1. The number of nitrogens with zero attached hydrogens (tertiary/aromatic N) is 2. The van der Waals surface area contributed by atoms with E-state index in [9.17, 15) is 10.1 Å². The van der Waals surface area contributed by atoms with Crippen LogP contribution in [0.4, 0.5) is 5.69 Å². The highest BCUT2D eigenvalue weighted by Gasteiger charge is 2.18. The number of nitro groups is 1. The molecule has 1 unspecified atom stereocenters. The van der Waals surface area contributed by atoms with E-state index in [1.54, 1.807) is 12.1 Å². The molecule has 6 heteroatoms. The van der Waals surface area contributed by atoms with Crippen molar-refractivity contribution in [3.63, 3.8) is 0 Å². The summed E-state index contributed by atoms with van der Waals surface area (Å²) in [7, 11) is 0. The number of nitrogens with two attached hydrogens (primary N) is 1. The number of benzene rings is 1. The van der Waals surface area contributed by atoms with Gasteiger partial charge < -0.3 is 10.6 Å². The fraction of sp³-hybridized carbons (Fsp3) is 0.500. The Hall–Kier alpha value is -1.17. The molecule has 2 N–H and O–H groups in total. The standard InChI is InChI=1S/C12H17N3O2.ClH/c13-11-6-8-14(9-11)7-5-10-1-3-12(4-2-10)15(16)17;/h1-4,11H,5-9,13H2;1H. The Morgan fingerprint density at radius 3 is 2.56 bits per heavy atom. The summed E-state index contributed by atoms with van der Waals surface area (Å²) in [6.45, 7) is 3.01.